The first kappa shape index (κ1) is 21.4. The zero-order valence-electron chi connectivity index (χ0n) is 14.9. The van der Waals surface area contributed by atoms with Gasteiger partial charge in [-0.25, -0.2) is 26.9 Å². The van der Waals surface area contributed by atoms with Crippen LogP contribution < -0.4 is 4.72 Å². The fraction of sp³-hybridized carbons (Fsp3) is 0.158. The first-order valence-corrected chi connectivity index (χ1v) is 10.7. The number of sulfonamides is 1. The predicted octanol–water partition coefficient (Wildman–Crippen LogP) is 4.40. The average molecular weight is 459 g/mol. The lowest BCUT2D eigenvalue weighted by Crippen LogP contribution is -2.31. The Bertz CT molecular complexity index is 1140. The van der Waals surface area contributed by atoms with E-state index in [9.17, 15) is 22.0 Å². The van der Waals surface area contributed by atoms with Gasteiger partial charge in [-0.05, 0) is 30.7 Å². The van der Waals surface area contributed by atoms with Crippen LogP contribution in [0.3, 0.4) is 0 Å². The van der Waals surface area contributed by atoms with Gasteiger partial charge in [-0.1, -0.05) is 48.3 Å². The Balaban J connectivity index is 1.99. The molecule has 3 rings (SSSR count). The normalized spacial score (nSPS) is 16.7. The second kappa shape index (κ2) is 8.22. The van der Waals surface area contributed by atoms with Crippen molar-refractivity contribution in [3.05, 3.63) is 75.4 Å². The van der Waals surface area contributed by atoms with E-state index in [4.69, 9.17) is 23.2 Å². The quantitative estimate of drug-likeness (QED) is 0.720. The van der Waals surface area contributed by atoms with Gasteiger partial charge in [0.05, 0.1) is 21.3 Å². The summed E-state index contributed by atoms with van der Waals surface area (Å²) in [5.74, 6) is -3.61. The summed E-state index contributed by atoms with van der Waals surface area (Å²) in [5.41, 5.74) is -0.908. The van der Waals surface area contributed by atoms with E-state index in [0.29, 0.717) is 6.42 Å². The summed E-state index contributed by atoms with van der Waals surface area (Å²) in [5, 5.41) is -0.180. The van der Waals surface area contributed by atoms with Crippen molar-refractivity contribution in [2.24, 2.45) is 10.9 Å². The van der Waals surface area contributed by atoms with Crippen molar-refractivity contribution in [1.82, 2.24) is 4.72 Å². The molecule has 0 aromatic heterocycles. The number of nitrogens with zero attached hydrogens (tertiary/aromatic N) is 1. The maximum atomic E-state index is 14.2. The van der Waals surface area contributed by atoms with Gasteiger partial charge >= 0.3 is 0 Å². The number of benzene rings is 2. The van der Waals surface area contributed by atoms with E-state index in [-0.39, 0.29) is 20.7 Å². The van der Waals surface area contributed by atoms with Crippen molar-refractivity contribution in [2.45, 2.75) is 18.2 Å². The minimum Gasteiger partial charge on any atom is -0.266 e. The first-order valence-electron chi connectivity index (χ1n) is 8.41. The minimum absolute atomic E-state index is 0.0756. The van der Waals surface area contributed by atoms with Gasteiger partial charge in [0.15, 0.2) is 0 Å². The van der Waals surface area contributed by atoms with E-state index in [0.717, 1.165) is 12.1 Å². The number of amides is 1. The minimum atomic E-state index is -4.32. The Kier molecular flexibility index (Phi) is 6.07. The summed E-state index contributed by atoms with van der Waals surface area (Å²) in [4.78, 5) is 16.3. The molecule has 1 aliphatic rings. The van der Waals surface area contributed by atoms with Crippen molar-refractivity contribution in [3.63, 3.8) is 0 Å². The second-order valence-corrected chi connectivity index (χ2v) is 8.58. The molecule has 1 atom stereocenters. The Labute approximate surface area is 176 Å². The molecule has 1 aliphatic heterocycles. The number of rotatable bonds is 5. The molecule has 5 nitrogen and oxygen atoms in total. The smallest absolute Gasteiger partial charge is 0.266 e. The Hall–Kier alpha value is -2.29. The molecule has 0 saturated carbocycles. The van der Waals surface area contributed by atoms with Gasteiger partial charge in [0.25, 0.3) is 15.9 Å². The fourth-order valence-corrected chi connectivity index (χ4v) is 4.79. The molecule has 29 heavy (non-hydrogen) atoms. The van der Waals surface area contributed by atoms with Crippen LogP contribution in [0.25, 0.3) is 0 Å². The maximum Gasteiger partial charge on any atom is 0.284 e. The Morgan fingerprint density at radius 3 is 2.31 bits per heavy atom. The van der Waals surface area contributed by atoms with Crippen LogP contribution in [0, 0.1) is 17.6 Å². The largest absolute Gasteiger partial charge is 0.284 e. The van der Waals surface area contributed by atoms with Crippen LogP contribution in [-0.4, -0.2) is 20.0 Å². The molecule has 1 N–H and O–H groups in total. The summed E-state index contributed by atoms with van der Waals surface area (Å²) in [6, 6.07) is 8.86. The SMILES string of the molecule is CCC1C(c2c(F)cccc2F)=NC(C(=O)NS(=O)(=O)c2ccccc2Cl)=C1Cl. The number of allylic oxidation sites excluding steroid dienone is 1. The average Bonchev–Trinajstić information content (AvgIpc) is 2.97. The monoisotopic (exact) mass is 458 g/mol. The van der Waals surface area contributed by atoms with Gasteiger partial charge in [0, 0.05) is 5.92 Å². The van der Waals surface area contributed by atoms with Gasteiger partial charge in [-0.3, -0.25) is 4.79 Å². The first-order chi connectivity index (χ1) is 13.7. The van der Waals surface area contributed by atoms with Crippen molar-refractivity contribution in [1.29, 1.82) is 0 Å². The molecule has 0 spiro atoms. The zero-order chi connectivity index (χ0) is 21.3. The fourth-order valence-electron chi connectivity index (χ4n) is 2.93. The van der Waals surface area contributed by atoms with Crippen LogP contribution in [-0.2, 0) is 14.8 Å². The highest BCUT2D eigenvalue weighted by Crippen LogP contribution is 2.36. The summed E-state index contributed by atoms with van der Waals surface area (Å²) >= 11 is 12.1. The van der Waals surface area contributed by atoms with E-state index in [1.165, 1.54) is 30.3 Å². The van der Waals surface area contributed by atoms with Crippen molar-refractivity contribution in [2.75, 3.05) is 0 Å². The number of carbonyl (C=O) groups excluding carboxylic acids is 1. The third-order valence-electron chi connectivity index (χ3n) is 4.29. The summed E-state index contributed by atoms with van der Waals surface area (Å²) in [6.45, 7) is 1.70. The van der Waals surface area contributed by atoms with Gasteiger partial charge in [-0.2, -0.15) is 0 Å². The van der Waals surface area contributed by atoms with E-state index < -0.39 is 44.7 Å². The highest BCUT2D eigenvalue weighted by molar-refractivity contribution is 7.90. The van der Waals surface area contributed by atoms with Crippen molar-refractivity contribution >= 4 is 44.8 Å². The van der Waals surface area contributed by atoms with Crippen LogP contribution in [0.15, 0.2) is 63.1 Å². The number of hydrogen-bond acceptors (Lipinski definition) is 4. The molecular weight excluding hydrogens is 445 g/mol. The molecule has 1 unspecified atom stereocenters. The van der Waals surface area contributed by atoms with Crippen LogP contribution in [0.4, 0.5) is 8.78 Å². The van der Waals surface area contributed by atoms with Gasteiger partial charge < -0.3 is 0 Å². The Morgan fingerprint density at radius 1 is 1.10 bits per heavy atom. The molecule has 0 radical (unpaired) electrons. The molecular formula is C19H14Cl2F2N2O3S. The molecule has 0 bridgehead atoms. The van der Waals surface area contributed by atoms with E-state index >= 15 is 0 Å². The lowest BCUT2D eigenvalue weighted by molar-refractivity contribution is -0.115. The molecule has 2 aromatic carbocycles. The van der Waals surface area contributed by atoms with Crippen LogP contribution in [0.5, 0.6) is 0 Å². The van der Waals surface area contributed by atoms with Crippen LogP contribution >= 0.6 is 23.2 Å². The number of nitrogens with one attached hydrogen (secondary N) is 1. The van der Waals surface area contributed by atoms with Gasteiger partial charge in [0.1, 0.15) is 22.2 Å². The lowest BCUT2D eigenvalue weighted by Gasteiger charge is -2.13. The van der Waals surface area contributed by atoms with Crippen molar-refractivity contribution in [3.8, 4) is 0 Å². The standard InChI is InChI=1S/C19H14Cl2F2N2O3S/c1-2-10-16(21)18(24-17(10)15-12(22)7-5-8-13(15)23)19(26)25-29(27,28)14-9-4-3-6-11(14)20/h3-10H,2H2,1H3,(H,25,26). The van der Waals surface area contributed by atoms with Crippen LogP contribution in [0.2, 0.25) is 5.02 Å². The lowest BCUT2D eigenvalue weighted by atomic mass is 9.94. The molecule has 10 heteroatoms. The predicted molar refractivity (Wildman–Crippen MR) is 106 cm³/mol. The molecule has 0 aliphatic carbocycles. The summed E-state index contributed by atoms with van der Waals surface area (Å²) in [7, 11) is -4.32. The molecule has 0 fully saturated rings. The Morgan fingerprint density at radius 2 is 1.72 bits per heavy atom. The molecule has 1 heterocycles. The highest BCUT2D eigenvalue weighted by Gasteiger charge is 2.35. The summed E-state index contributed by atoms with van der Waals surface area (Å²) < 4.78 is 55.2. The molecule has 0 saturated heterocycles. The molecule has 1 amide bonds. The van der Waals surface area contributed by atoms with Crippen molar-refractivity contribution < 1.29 is 22.0 Å². The highest BCUT2D eigenvalue weighted by atomic mass is 35.5. The van der Waals surface area contributed by atoms with Gasteiger partial charge in [-0.15, -0.1) is 0 Å². The second-order valence-electron chi connectivity index (χ2n) is 6.12. The van der Waals surface area contributed by atoms with Crippen LogP contribution in [0.1, 0.15) is 18.9 Å². The number of halogens is 4. The van der Waals surface area contributed by atoms with E-state index in [1.807, 2.05) is 4.72 Å². The van der Waals surface area contributed by atoms with Gasteiger partial charge in [0.2, 0.25) is 0 Å². The topological polar surface area (TPSA) is 75.6 Å². The number of aliphatic imine (C=N–C) groups is 1. The molecule has 2 aromatic rings. The van der Waals surface area contributed by atoms with E-state index in [1.54, 1.807) is 6.92 Å². The third kappa shape index (κ3) is 4.05. The van der Waals surface area contributed by atoms with E-state index in [2.05, 4.69) is 4.99 Å². The summed E-state index contributed by atoms with van der Waals surface area (Å²) in [6.07, 6.45) is 0.291. The number of hydrogen-bond donors (Lipinski definition) is 1. The maximum absolute atomic E-state index is 14.2. The zero-order valence-corrected chi connectivity index (χ0v) is 17.2. The third-order valence-corrected chi connectivity index (χ3v) is 6.56. The number of carbonyl (C=O) groups is 1. The molecule has 152 valence electrons.